The maximum absolute atomic E-state index is 14.3. The largest absolute Gasteiger partial charge is 0.341 e. The number of carbonyl (C=O) groups is 1. The Kier molecular flexibility index (Phi) is 4.27. The summed E-state index contributed by atoms with van der Waals surface area (Å²) in [7, 11) is 0. The Morgan fingerprint density at radius 3 is 2.80 bits per heavy atom. The van der Waals surface area contributed by atoms with Crippen molar-refractivity contribution in [1.29, 1.82) is 0 Å². The van der Waals surface area contributed by atoms with Crippen LogP contribution in [0.4, 0.5) is 18.0 Å². The summed E-state index contributed by atoms with van der Waals surface area (Å²) in [5, 5.41) is 11.5. The molecule has 2 amide bonds. The van der Waals surface area contributed by atoms with E-state index in [0.717, 1.165) is 17.8 Å². The molecule has 10 heteroatoms. The van der Waals surface area contributed by atoms with Crippen LogP contribution in [-0.2, 0) is 0 Å². The lowest BCUT2D eigenvalue weighted by Crippen LogP contribution is -2.49. The van der Waals surface area contributed by atoms with Crippen molar-refractivity contribution in [3.63, 3.8) is 0 Å². The summed E-state index contributed by atoms with van der Waals surface area (Å²) < 4.78 is 41.2. The van der Waals surface area contributed by atoms with E-state index >= 15 is 0 Å². The summed E-state index contributed by atoms with van der Waals surface area (Å²) in [5.41, 5.74) is 2.09. The first-order valence-electron chi connectivity index (χ1n) is 9.23. The molecule has 0 saturated carbocycles. The number of nitrogens with one attached hydrogen (secondary N) is 1. The predicted molar refractivity (Wildman–Crippen MR) is 103 cm³/mol. The number of likely N-dealkylation sites (tertiary alicyclic amines) is 1. The highest BCUT2D eigenvalue weighted by molar-refractivity contribution is 5.83. The first-order valence-corrected chi connectivity index (χ1v) is 9.23. The summed E-state index contributed by atoms with van der Waals surface area (Å²) in [5.74, 6) is -1.79. The molecule has 5 rings (SSSR count). The lowest BCUT2D eigenvalue weighted by atomic mass is 10.0. The topological polar surface area (TPSA) is 77.5 Å². The molecule has 1 atom stereocenters. The minimum atomic E-state index is -0.752. The van der Waals surface area contributed by atoms with Gasteiger partial charge in [0, 0.05) is 37.5 Å². The van der Waals surface area contributed by atoms with Crippen LogP contribution in [0.25, 0.3) is 17.0 Å². The van der Waals surface area contributed by atoms with Crippen molar-refractivity contribution in [3.8, 4) is 0 Å². The Morgan fingerprint density at radius 1 is 1.17 bits per heavy atom. The van der Waals surface area contributed by atoms with Crippen LogP contribution in [0.15, 0.2) is 41.3 Å². The Labute approximate surface area is 168 Å². The molecule has 3 aromatic rings. The average molecular weight is 412 g/mol. The number of hydrazone groups is 1. The Bertz CT molecular complexity index is 1210. The molecule has 30 heavy (non-hydrogen) atoms. The fourth-order valence-corrected chi connectivity index (χ4v) is 3.65. The SMILES string of the molecule is O=C(N1CC(=Cc2cc3[nH]nc(F)c3cc2F)C1)N1N=CC[C@H]1c1cncc(F)c1. The molecule has 2 aliphatic heterocycles. The third-order valence-electron chi connectivity index (χ3n) is 5.19. The van der Waals surface area contributed by atoms with Gasteiger partial charge in [-0.2, -0.15) is 9.49 Å². The number of benzene rings is 1. The van der Waals surface area contributed by atoms with Gasteiger partial charge in [-0.05, 0) is 35.4 Å². The van der Waals surface area contributed by atoms with Crippen molar-refractivity contribution in [1.82, 2.24) is 25.1 Å². The fraction of sp³-hybridized carbons (Fsp3) is 0.200. The second-order valence-electron chi connectivity index (χ2n) is 7.21. The number of nitrogens with zero attached hydrogens (tertiary/aromatic N) is 5. The highest BCUT2D eigenvalue weighted by Crippen LogP contribution is 2.31. The minimum Gasteiger partial charge on any atom is -0.315 e. The first-order chi connectivity index (χ1) is 14.5. The number of pyridine rings is 1. The van der Waals surface area contributed by atoms with Crippen molar-refractivity contribution in [2.24, 2.45) is 5.10 Å². The van der Waals surface area contributed by atoms with Gasteiger partial charge in [-0.1, -0.05) is 0 Å². The zero-order valence-electron chi connectivity index (χ0n) is 15.5. The maximum atomic E-state index is 14.3. The van der Waals surface area contributed by atoms with Crippen LogP contribution in [0.3, 0.4) is 0 Å². The van der Waals surface area contributed by atoms with E-state index in [1.807, 2.05) is 0 Å². The highest BCUT2D eigenvalue weighted by Gasteiger charge is 2.35. The summed E-state index contributed by atoms with van der Waals surface area (Å²) in [6, 6.07) is 3.19. The maximum Gasteiger partial charge on any atom is 0.341 e. The van der Waals surface area contributed by atoms with Gasteiger partial charge >= 0.3 is 6.03 Å². The van der Waals surface area contributed by atoms with Crippen molar-refractivity contribution in [2.75, 3.05) is 13.1 Å². The number of halogens is 3. The molecule has 0 bridgehead atoms. The number of amides is 2. The number of hydrogen-bond acceptors (Lipinski definition) is 4. The number of carbonyl (C=O) groups excluding carboxylic acids is 1. The van der Waals surface area contributed by atoms with Crippen LogP contribution in [0, 0.1) is 17.6 Å². The van der Waals surface area contributed by atoms with Crippen LogP contribution in [-0.4, -0.2) is 50.4 Å². The van der Waals surface area contributed by atoms with Gasteiger partial charge in [0.05, 0.1) is 23.1 Å². The molecular formula is C20H15F3N6O. The van der Waals surface area contributed by atoms with Crippen molar-refractivity contribution < 1.29 is 18.0 Å². The van der Waals surface area contributed by atoms with E-state index < -0.39 is 23.6 Å². The van der Waals surface area contributed by atoms with Gasteiger partial charge in [0.1, 0.15) is 11.6 Å². The minimum absolute atomic E-state index is 0.0878. The van der Waals surface area contributed by atoms with Gasteiger partial charge in [-0.3, -0.25) is 10.1 Å². The molecule has 0 radical (unpaired) electrons. The number of aromatic nitrogens is 3. The van der Waals surface area contributed by atoms with Crippen molar-refractivity contribution in [2.45, 2.75) is 12.5 Å². The molecule has 152 valence electrons. The quantitative estimate of drug-likeness (QED) is 0.698. The molecule has 7 nitrogen and oxygen atoms in total. The van der Waals surface area contributed by atoms with Gasteiger partial charge in [0.2, 0.25) is 5.95 Å². The number of fused-ring (bicyclic) bond motifs is 1. The van der Waals surface area contributed by atoms with Gasteiger partial charge in [0.25, 0.3) is 0 Å². The Hall–Kier alpha value is -3.69. The lowest BCUT2D eigenvalue weighted by Gasteiger charge is -2.37. The van der Waals surface area contributed by atoms with E-state index in [2.05, 4.69) is 20.3 Å². The number of rotatable bonds is 2. The normalized spacial score (nSPS) is 18.2. The van der Waals surface area contributed by atoms with Gasteiger partial charge in [-0.25, -0.2) is 18.6 Å². The number of H-pyrrole nitrogens is 1. The lowest BCUT2D eigenvalue weighted by molar-refractivity contribution is 0.136. The number of urea groups is 1. The molecule has 0 aliphatic carbocycles. The van der Waals surface area contributed by atoms with E-state index in [0.29, 0.717) is 30.6 Å². The zero-order valence-corrected chi connectivity index (χ0v) is 15.5. The van der Waals surface area contributed by atoms with Gasteiger partial charge in [0.15, 0.2) is 0 Å². The number of aromatic amines is 1. The number of hydrogen-bond donors (Lipinski definition) is 1. The van der Waals surface area contributed by atoms with Crippen LogP contribution in [0.5, 0.6) is 0 Å². The smallest absolute Gasteiger partial charge is 0.315 e. The fourth-order valence-electron chi connectivity index (χ4n) is 3.65. The molecule has 1 fully saturated rings. The van der Waals surface area contributed by atoms with E-state index in [1.165, 1.54) is 23.3 Å². The van der Waals surface area contributed by atoms with E-state index in [1.54, 1.807) is 17.2 Å². The summed E-state index contributed by atoms with van der Waals surface area (Å²) in [6.45, 7) is 0.627. The molecule has 1 aromatic carbocycles. The van der Waals surface area contributed by atoms with Crippen LogP contribution < -0.4 is 0 Å². The predicted octanol–water partition coefficient (Wildman–Crippen LogP) is 3.63. The molecule has 1 N–H and O–H groups in total. The summed E-state index contributed by atoms with van der Waals surface area (Å²) in [6.07, 6.45) is 6.34. The van der Waals surface area contributed by atoms with Crippen LogP contribution in [0.1, 0.15) is 23.6 Å². The molecular weight excluding hydrogens is 397 g/mol. The summed E-state index contributed by atoms with van der Waals surface area (Å²) >= 11 is 0. The first kappa shape index (κ1) is 18.3. The van der Waals surface area contributed by atoms with Crippen molar-refractivity contribution in [3.05, 3.63) is 64.9 Å². The standard InChI is InChI=1S/C20H15F3N6O/c21-14-4-13(7-24-8-14)18-1-2-25-29(18)20(30)28-9-11(10-28)3-12-5-17-15(6-16(12)22)19(23)27-26-17/h2-8,18H,1,9-10H2,(H,26,27)/t18-/m0/s1. The Morgan fingerprint density at radius 2 is 2.00 bits per heavy atom. The second kappa shape index (κ2) is 6.97. The van der Waals surface area contributed by atoms with Crippen LogP contribution >= 0.6 is 0 Å². The van der Waals surface area contributed by atoms with Crippen LogP contribution in [0.2, 0.25) is 0 Å². The zero-order chi connectivity index (χ0) is 20.8. The summed E-state index contributed by atoms with van der Waals surface area (Å²) in [4.78, 5) is 18.2. The van der Waals surface area contributed by atoms with Crippen molar-refractivity contribution >= 4 is 29.2 Å². The molecule has 0 spiro atoms. The third kappa shape index (κ3) is 3.10. The monoisotopic (exact) mass is 412 g/mol. The molecule has 2 aromatic heterocycles. The highest BCUT2D eigenvalue weighted by atomic mass is 19.1. The molecule has 1 saturated heterocycles. The van der Waals surface area contributed by atoms with E-state index in [9.17, 15) is 18.0 Å². The average Bonchev–Trinajstić information content (AvgIpc) is 3.31. The molecule has 2 aliphatic rings. The second-order valence-corrected chi connectivity index (χ2v) is 7.21. The van der Waals surface area contributed by atoms with Gasteiger partial charge in [-0.15, -0.1) is 5.10 Å². The third-order valence-corrected chi connectivity index (χ3v) is 5.19. The van der Waals surface area contributed by atoms with Gasteiger partial charge < -0.3 is 4.90 Å². The molecule has 0 unspecified atom stereocenters. The Balaban J connectivity index is 1.30. The van der Waals surface area contributed by atoms with E-state index in [-0.39, 0.29) is 17.0 Å². The molecule has 4 heterocycles. The van der Waals surface area contributed by atoms with E-state index in [4.69, 9.17) is 0 Å².